The highest BCUT2D eigenvalue weighted by Crippen LogP contribution is 2.21. The number of anilines is 2. The number of nitrogens with one attached hydrogen (secondary N) is 3. The number of benzene rings is 2. The van der Waals surface area contributed by atoms with E-state index in [-0.39, 0.29) is 37.6 Å². The van der Waals surface area contributed by atoms with E-state index in [1.807, 2.05) is 30.3 Å². The number of carbonyl (C=O) groups excluding carboxylic acids is 1. The lowest BCUT2D eigenvalue weighted by molar-refractivity contribution is -0.125. The standard InChI is InChI=1S/C24H24FN5O5/c1-34-11-10-30-21(20(23(32)28-24(30)33)26-14-15-6-3-2-4-7-15)27-22(31)19-13-18(29-35-19)16-8-5-9-17(25)12-16/h2-9,12,19,26H,10-11,13-14H2,1H3,(H,27,31)(H,28,32,33). The van der Waals surface area contributed by atoms with E-state index in [0.717, 1.165) is 5.56 Å². The zero-order valence-corrected chi connectivity index (χ0v) is 18.9. The Labute approximate surface area is 199 Å². The minimum Gasteiger partial charge on any atom is -0.383 e. The van der Waals surface area contributed by atoms with Crippen molar-refractivity contribution in [1.29, 1.82) is 0 Å². The number of halogens is 1. The van der Waals surface area contributed by atoms with E-state index < -0.39 is 29.1 Å². The molecule has 1 atom stereocenters. The number of hydrogen-bond acceptors (Lipinski definition) is 7. The molecular weight excluding hydrogens is 457 g/mol. The van der Waals surface area contributed by atoms with Gasteiger partial charge in [0.2, 0.25) is 6.10 Å². The van der Waals surface area contributed by atoms with Gasteiger partial charge in [0, 0.05) is 25.6 Å². The minimum absolute atomic E-state index is 0.0143. The van der Waals surface area contributed by atoms with Crippen LogP contribution >= 0.6 is 0 Å². The molecule has 1 aromatic heterocycles. The summed E-state index contributed by atoms with van der Waals surface area (Å²) in [6.07, 6.45) is -0.936. The van der Waals surface area contributed by atoms with Gasteiger partial charge in [0.05, 0.1) is 18.9 Å². The Morgan fingerprint density at radius 2 is 2.03 bits per heavy atom. The predicted octanol–water partition coefficient (Wildman–Crippen LogP) is 2.07. The number of nitrogens with zero attached hydrogens (tertiary/aromatic N) is 2. The topological polar surface area (TPSA) is 127 Å². The van der Waals surface area contributed by atoms with Gasteiger partial charge in [-0.2, -0.15) is 0 Å². The Bertz CT molecular complexity index is 1350. The van der Waals surface area contributed by atoms with E-state index in [9.17, 15) is 18.8 Å². The maximum absolute atomic E-state index is 13.6. The SMILES string of the molecule is COCCn1c(NC(=O)C2CC(c3cccc(F)c3)=NO2)c(NCc2ccccc2)c(=O)[nH]c1=O. The summed E-state index contributed by atoms with van der Waals surface area (Å²) in [7, 11) is 1.47. The third-order valence-electron chi connectivity index (χ3n) is 5.39. The van der Waals surface area contributed by atoms with E-state index in [0.29, 0.717) is 11.3 Å². The van der Waals surface area contributed by atoms with Crippen molar-refractivity contribution in [2.24, 2.45) is 5.16 Å². The van der Waals surface area contributed by atoms with Crippen LogP contribution < -0.4 is 21.9 Å². The fourth-order valence-corrected chi connectivity index (χ4v) is 3.60. The molecule has 0 saturated carbocycles. The van der Waals surface area contributed by atoms with Crippen molar-refractivity contribution < 1.29 is 18.8 Å². The number of oxime groups is 1. The van der Waals surface area contributed by atoms with Crippen LogP contribution in [0.15, 0.2) is 69.3 Å². The summed E-state index contributed by atoms with van der Waals surface area (Å²) in [6, 6.07) is 15.1. The number of aromatic amines is 1. The highest BCUT2D eigenvalue weighted by molar-refractivity contribution is 6.06. The van der Waals surface area contributed by atoms with Crippen LogP contribution in [-0.2, 0) is 27.5 Å². The van der Waals surface area contributed by atoms with Crippen molar-refractivity contribution in [2.45, 2.75) is 25.6 Å². The first kappa shape index (κ1) is 23.9. The Balaban J connectivity index is 1.58. The summed E-state index contributed by atoms with van der Waals surface area (Å²) in [5.74, 6) is -1.06. The van der Waals surface area contributed by atoms with Crippen molar-refractivity contribution in [3.63, 3.8) is 0 Å². The number of methoxy groups -OCH3 is 1. The van der Waals surface area contributed by atoms with E-state index in [4.69, 9.17) is 9.57 Å². The van der Waals surface area contributed by atoms with Crippen molar-refractivity contribution in [3.05, 3.63) is 92.4 Å². The van der Waals surface area contributed by atoms with Crippen LogP contribution in [0.2, 0.25) is 0 Å². The molecule has 0 radical (unpaired) electrons. The van der Waals surface area contributed by atoms with E-state index in [2.05, 4.69) is 20.8 Å². The fourth-order valence-electron chi connectivity index (χ4n) is 3.60. The van der Waals surface area contributed by atoms with Crippen LogP contribution in [0.4, 0.5) is 15.9 Å². The van der Waals surface area contributed by atoms with Crippen molar-refractivity contribution >= 4 is 23.1 Å². The molecule has 35 heavy (non-hydrogen) atoms. The molecule has 0 spiro atoms. The van der Waals surface area contributed by atoms with E-state index in [1.165, 1.54) is 29.9 Å². The van der Waals surface area contributed by atoms with Crippen LogP contribution in [0.1, 0.15) is 17.5 Å². The lowest BCUT2D eigenvalue weighted by Gasteiger charge is -2.18. The molecular formula is C24H24FN5O5. The summed E-state index contributed by atoms with van der Waals surface area (Å²) in [5, 5.41) is 9.57. The molecule has 0 saturated heterocycles. The van der Waals surface area contributed by atoms with Gasteiger partial charge >= 0.3 is 5.69 Å². The fraction of sp³-hybridized carbons (Fsp3) is 0.250. The number of amides is 1. The zero-order chi connectivity index (χ0) is 24.8. The van der Waals surface area contributed by atoms with Gasteiger partial charge in [0.15, 0.2) is 0 Å². The maximum atomic E-state index is 13.6. The van der Waals surface area contributed by atoms with Gasteiger partial charge in [-0.3, -0.25) is 19.1 Å². The average molecular weight is 481 g/mol. The monoisotopic (exact) mass is 481 g/mol. The Morgan fingerprint density at radius 1 is 1.23 bits per heavy atom. The second-order valence-electron chi connectivity index (χ2n) is 7.80. The molecule has 3 aromatic rings. The molecule has 1 unspecified atom stereocenters. The van der Waals surface area contributed by atoms with Gasteiger partial charge in [-0.05, 0) is 17.7 Å². The quantitative estimate of drug-likeness (QED) is 0.430. The summed E-state index contributed by atoms with van der Waals surface area (Å²) < 4.78 is 19.9. The van der Waals surface area contributed by atoms with Crippen LogP contribution in [0.25, 0.3) is 0 Å². The Kier molecular flexibility index (Phi) is 7.36. The minimum atomic E-state index is -1.03. The van der Waals surface area contributed by atoms with Crippen molar-refractivity contribution in [3.8, 4) is 0 Å². The first-order chi connectivity index (χ1) is 17.0. The van der Waals surface area contributed by atoms with Crippen LogP contribution in [0, 0.1) is 5.82 Å². The van der Waals surface area contributed by atoms with Gasteiger partial charge in [-0.1, -0.05) is 47.6 Å². The van der Waals surface area contributed by atoms with E-state index >= 15 is 0 Å². The highest BCUT2D eigenvalue weighted by atomic mass is 19.1. The lowest BCUT2D eigenvalue weighted by atomic mass is 10.0. The molecule has 2 aromatic carbocycles. The van der Waals surface area contributed by atoms with E-state index in [1.54, 1.807) is 6.07 Å². The number of aromatic nitrogens is 2. The molecule has 1 aliphatic heterocycles. The molecule has 4 rings (SSSR count). The number of H-pyrrole nitrogens is 1. The summed E-state index contributed by atoms with van der Waals surface area (Å²) in [6.45, 7) is 0.528. The molecule has 0 bridgehead atoms. The normalized spacial score (nSPS) is 14.8. The molecule has 182 valence electrons. The Morgan fingerprint density at radius 3 is 2.77 bits per heavy atom. The van der Waals surface area contributed by atoms with Gasteiger partial charge in [-0.15, -0.1) is 0 Å². The summed E-state index contributed by atoms with van der Waals surface area (Å²) in [4.78, 5) is 45.8. The second-order valence-corrected chi connectivity index (χ2v) is 7.80. The smallest absolute Gasteiger partial charge is 0.330 e. The largest absolute Gasteiger partial charge is 0.383 e. The molecule has 0 aliphatic carbocycles. The third-order valence-corrected chi connectivity index (χ3v) is 5.39. The molecule has 1 aliphatic rings. The second kappa shape index (κ2) is 10.8. The molecule has 0 fully saturated rings. The first-order valence-electron chi connectivity index (χ1n) is 10.9. The number of ether oxygens (including phenoxy) is 1. The van der Waals surface area contributed by atoms with Gasteiger partial charge in [-0.25, -0.2) is 9.18 Å². The number of carbonyl (C=O) groups is 1. The lowest BCUT2D eigenvalue weighted by Crippen LogP contribution is -2.38. The molecule has 1 amide bonds. The number of rotatable bonds is 9. The maximum Gasteiger partial charge on any atom is 0.330 e. The zero-order valence-electron chi connectivity index (χ0n) is 18.9. The molecule has 2 heterocycles. The highest BCUT2D eigenvalue weighted by Gasteiger charge is 2.30. The van der Waals surface area contributed by atoms with Crippen molar-refractivity contribution in [2.75, 3.05) is 24.4 Å². The Hall–Kier alpha value is -4.25. The molecule has 3 N–H and O–H groups in total. The average Bonchev–Trinajstić information content (AvgIpc) is 3.35. The van der Waals surface area contributed by atoms with Crippen LogP contribution in [0.3, 0.4) is 0 Å². The van der Waals surface area contributed by atoms with Gasteiger partial charge < -0.3 is 20.2 Å². The summed E-state index contributed by atoms with van der Waals surface area (Å²) >= 11 is 0. The van der Waals surface area contributed by atoms with Crippen LogP contribution in [0.5, 0.6) is 0 Å². The third kappa shape index (κ3) is 5.64. The van der Waals surface area contributed by atoms with Gasteiger partial charge in [0.1, 0.15) is 17.3 Å². The van der Waals surface area contributed by atoms with Crippen molar-refractivity contribution in [1.82, 2.24) is 9.55 Å². The molecule has 10 nitrogen and oxygen atoms in total. The first-order valence-corrected chi connectivity index (χ1v) is 10.9. The molecule has 11 heteroatoms. The number of hydrogen-bond donors (Lipinski definition) is 3. The van der Waals surface area contributed by atoms with Gasteiger partial charge in [0.25, 0.3) is 11.5 Å². The summed E-state index contributed by atoms with van der Waals surface area (Å²) in [5.41, 5.74) is 0.442. The van der Waals surface area contributed by atoms with Crippen LogP contribution in [-0.4, -0.2) is 41.0 Å². The predicted molar refractivity (Wildman–Crippen MR) is 128 cm³/mol.